The van der Waals surface area contributed by atoms with Crippen molar-refractivity contribution in [1.82, 2.24) is 14.6 Å². The molecule has 1 aromatic carbocycles. The van der Waals surface area contributed by atoms with E-state index in [4.69, 9.17) is 0 Å². The van der Waals surface area contributed by atoms with Crippen molar-refractivity contribution in [3.8, 4) is 0 Å². The minimum absolute atomic E-state index is 0.155. The van der Waals surface area contributed by atoms with Crippen LogP contribution in [0.15, 0.2) is 35.1 Å². The molecule has 4 rings (SSSR count). The Morgan fingerprint density at radius 3 is 2.77 bits per heavy atom. The van der Waals surface area contributed by atoms with Crippen molar-refractivity contribution in [3.05, 3.63) is 69.3 Å². The fraction of sp³-hybridized carbons (Fsp3) is 0.250. The smallest absolute Gasteiger partial charge is 0.272 e. The lowest BCUT2D eigenvalue weighted by molar-refractivity contribution is 0.574. The molecule has 0 amide bonds. The predicted octanol–water partition coefficient (Wildman–Crippen LogP) is 2.77. The van der Waals surface area contributed by atoms with Crippen LogP contribution in [0.25, 0.3) is 5.65 Å². The van der Waals surface area contributed by atoms with Gasteiger partial charge in [-0.25, -0.2) is 18.3 Å². The molecule has 3 aromatic rings. The molecule has 0 bridgehead atoms. The van der Waals surface area contributed by atoms with Crippen LogP contribution < -0.4 is 5.56 Å². The lowest BCUT2D eigenvalue weighted by atomic mass is 10.1. The van der Waals surface area contributed by atoms with Crippen LogP contribution in [0, 0.1) is 11.6 Å². The molecule has 1 aliphatic carbocycles. The summed E-state index contributed by atoms with van der Waals surface area (Å²) < 4.78 is 28.0. The molecule has 1 fully saturated rings. The predicted molar refractivity (Wildman–Crippen MR) is 77.0 cm³/mol. The number of H-pyrrole nitrogens is 1. The number of halogens is 2. The Kier molecular flexibility index (Phi) is 2.85. The third-order valence-corrected chi connectivity index (χ3v) is 3.93. The second-order valence-electron chi connectivity index (χ2n) is 5.68. The van der Waals surface area contributed by atoms with Gasteiger partial charge in [-0.3, -0.25) is 9.89 Å². The van der Waals surface area contributed by atoms with E-state index in [1.165, 1.54) is 22.7 Å². The summed E-state index contributed by atoms with van der Waals surface area (Å²) in [5.41, 5.74) is 2.10. The lowest BCUT2D eigenvalue weighted by Gasteiger charge is -2.03. The number of nitrogens with zero attached hydrogens (tertiary/aromatic N) is 2. The van der Waals surface area contributed by atoms with Crippen molar-refractivity contribution in [3.63, 3.8) is 0 Å². The van der Waals surface area contributed by atoms with Crippen LogP contribution in [0.3, 0.4) is 0 Å². The summed E-state index contributed by atoms with van der Waals surface area (Å²) in [5, 5.41) is 3.05. The summed E-state index contributed by atoms with van der Waals surface area (Å²) in [6.07, 6.45) is 2.40. The zero-order valence-electron chi connectivity index (χ0n) is 11.6. The zero-order valence-corrected chi connectivity index (χ0v) is 11.6. The molecule has 0 atom stereocenters. The molecule has 0 saturated heterocycles. The summed E-state index contributed by atoms with van der Waals surface area (Å²) in [4.78, 5) is 16.5. The van der Waals surface area contributed by atoms with Gasteiger partial charge in [-0.1, -0.05) is 6.07 Å². The maximum Gasteiger partial charge on any atom is 0.272 e. The Morgan fingerprint density at radius 2 is 2.05 bits per heavy atom. The summed E-state index contributed by atoms with van der Waals surface area (Å²) in [6, 6.07) is 6.65. The molecule has 4 nitrogen and oxygen atoms in total. The Balaban J connectivity index is 1.73. The summed E-state index contributed by atoms with van der Waals surface area (Å²) >= 11 is 0. The number of rotatable bonds is 3. The Morgan fingerprint density at radius 1 is 1.23 bits per heavy atom. The minimum Gasteiger partial charge on any atom is -0.293 e. The first-order valence-electron chi connectivity index (χ1n) is 7.16. The monoisotopic (exact) mass is 301 g/mol. The largest absolute Gasteiger partial charge is 0.293 e. The van der Waals surface area contributed by atoms with Crippen LogP contribution in [0.1, 0.15) is 35.7 Å². The highest BCUT2D eigenvalue weighted by Gasteiger charge is 2.26. The third-order valence-electron chi connectivity index (χ3n) is 3.93. The molecular weight excluding hydrogens is 288 g/mol. The maximum atomic E-state index is 13.7. The van der Waals surface area contributed by atoms with E-state index in [9.17, 15) is 13.6 Å². The SMILES string of the molecule is O=c1cc(Cc2ccc(F)cc2F)nc2cc(C3CC3)[nH]n12. The molecule has 0 spiro atoms. The van der Waals surface area contributed by atoms with Gasteiger partial charge in [0, 0.05) is 36.2 Å². The van der Waals surface area contributed by atoms with Gasteiger partial charge in [-0.2, -0.15) is 0 Å². The number of hydrogen-bond donors (Lipinski definition) is 1. The van der Waals surface area contributed by atoms with Crippen LogP contribution in [-0.4, -0.2) is 14.6 Å². The van der Waals surface area contributed by atoms with E-state index in [0.717, 1.165) is 24.6 Å². The van der Waals surface area contributed by atoms with E-state index in [-0.39, 0.29) is 12.0 Å². The molecule has 2 heterocycles. The average Bonchev–Trinajstić information content (AvgIpc) is 3.22. The first-order chi connectivity index (χ1) is 10.6. The van der Waals surface area contributed by atoms with Gasteiger partial charge in [0.1, 0.15) is 11.6 Å². The maximum absolute atomic E-state index is 13.7. The molecule has 1 aliphatic rings. The van der Waals surface area contributed by atoms with Crippen molar-refractivity contribution in [2.75, 3.05) is 0 Å². The first-order valence-corrected chi connectivity index (χ1v) is 7.16. The highest BCUT2D eigenvalue weighted by molar-refractivity contribution is 5.42. The Bertz CT molecular complexity index is 925. The van der Waals surface area contributed by atoms with E-state index in [2.05, 4.69) is 10.1 Å². The normalized spacial score (nSPS) is 14.6. The van der Waals surface area contributed by atoms with Crippen molar-refractivity contribution >= 4 is 5.65 Å². The molecule has 22 heavy (non-hydrogen) atoms. The van der Waals surface area contributed by atoms with E-state index in [1.54, 1.807) is 0 Å². The van der Waals surface area contributed by atoms with Crippen molar-refractivity contribution in [2.45, 2.75) is 25.2 Å². The van der Waals surface area contributed by atoms with Crippen molar-refractivity contribution in [1.29, 1.82) is 0 Å². The van der Waals surface area contributed by atoms with Crippen LogP contribution in [0.4, 0.5) is 8.78 Å². The van der Waals surface area contributed by atoms with Crippen molar-refractivity contribution in [2.24, 2.45) is 0 Å². The minimum atomic E-state index is -0.630. The third kappa shape index (κ3) is 2.30. The van der Waals surface area contributed by atoms with Crippen LogP contribution >= 0.6 is 0 Å². The van der Waals surface area contributed by atoms with E-state index >= 15 is 0 Å². The molecule has 2 aromatic heterocycles. The van der Waals surface area contributed by atoms with Gasteiger partial charge >= 0.3 is 0 Å². The number of aromatic nitrogens is 3. The number of aromatic amines is 1. The molecule has 1 N–H and O–H groups in total. The molecule has 0 radical (unpaired) electrons. The van der Waals surface area contributed by atoms with E-state index in [0.29, 0.717) is 22.8 Å². The first kappa shape index (κ1) is 13.2. The van der Waals surface area contributed by atoms with E-state index in [1.807, 2.05) is 6.07 Å². The summed E-state index contributed by atoms with van der Waals surface area (Å²) in [5.74, 6) is -0.765. The number of fused-ring (bicyclic) bond motifs is 1. The van der Waals surface area contributed by atoms with Gasteiger partial charge in [-0.15, -0.1) is 0 Å². The summed E-state index contributed by atoms with van der Waals surface area (Å²) in [6.45, 7) is 0. The molecule has 112 valence electrons. The average molecular weight is 301 g/mol. The van der Waals surface area contributed by atoms with Crippen LogP contribution in [0.5, 0.6) is 0 Å². The lowest BCUT2D eigenvalue weighted by Crippen LogP contribution is -2.16. The van der Waals surface area contributed by atoms with Gasteiger partial charge in [0.05, 0.1) is 5.69 Å². The molecular formula is C16H13F2N3O. The molecule has 1 saturated carbocycles. The molecule has 0 aliphatic heterocycles. The van der Waals surface area contributed by atoms with Gasteiger partial charge in [0.2, 0.25) is 0 Å². The summed E-state index contributed by atoms with van der Waals surface area (Å²) in [7, 11) is 0. The highest BCUT2D eigenvalue weighted by atomic mass is 19.1. The number of nitrogens with one attached hydrogen (secondary N) is 1. The zero-order chi connectivity index (χ0) is 15.3. The van der Waals surface area contributed by atoms with Gasteiger partial charge < -0.3 is 0 Å². The second-order valence-corrected chi connectivity index (χ2v) is 5.68. The van der Waals surface area contributed by atoms with Crippen molar-refractivity contribution < 1.29 is 8.78 Å². The van der Waals surface area contributed by atoms with Crippen LogP contribution in [0.2, 0.25) is 0 Å². The van der Waals surface area contributed by atoms with Gasteiger partial charge in [0.25, 0.3) is 5.56 Å². The standard InChI is InChI=1S/C16H13F2N3O/c17-11-4-3-10(13(18)6-11)5-12-7-16(22)21-15(19-12)8-14(20-21)9-1-2-9/h3-4,6-9,20H,1-2,5H2. The quantitative estimate of drug-likeness (QED) is 0.808. The van der Waals surface area contributed by atoms with Gasteiger partial charge in [-0.05, 0) is 24.5 Å². The Hall–Kier alpha value is -2.50. The number of hydrogen-bond acceptors (Lipinski definition) is 2. The Labute approximate surface area is 124 Å². The molecule has 6 heteroatoms. The fourth-order valence-electron chi connectivity index (χ4n) is 2.61. The van der Waals surface area contributed by atoms with Gasteiger partial charge in [0.15, 0.2) is 5.65 Å². The topological polar surface area (TPSA) is 50.2 Å². The number of benzene rings is 1. The van der Waals surface area contributed by atoms with E-state index < -0.39 is 11.6 Å². The van der Waals surface area contributed by atoms with Crippen LogP contribution in [-0.2, 0) is 6.42 Å². The highest BCUT2D eigenvalue weighted by Crippen LogP contribution is 2.39. The molecule has 0 unspecified atom stereocenters. The fourth-order valence-corrected chi connectivity index (χ4v) is 2.61. The second kappa shape index (κ2) is 4.76.